The predicted molar refractivity (Wildman–Crippen MR) is 89.1 cm³/mol. The first kappa shape index (κ1) is 17.3. The van der Waals surface area contributed by atoms with E-state index in [1.807, 2.05) is 18.7 Å². The van der Waals surface area contributed by atoms with Gasteiger partial charge < -0.3 is 14.5 Å². The summed E-state index contributed by atoms with van der Waals surface area (Å²) in [4.78, 5) is 19.5. The van der Waals surface area contributed by atoms with Crippen molar-refractivity contribution in [1.29, 1.82) is 0 Å². The number of hydrogen-bond donors (Lipinski definition) is 0. The standard InChI is InChI=1S/C18H26FN3O2/c1-17(2)12-22(14-23)13-18(24-17)6-10-21(11-7-18)9-5-16-15(19)4-3-8-20-16/h3-4,8,14H,5-7,9-13H2,1-2H3. The van der Waals surface area contributed by atoms with Crippen molar-refractivity contribution in [1.82, 2.24) is 14.8 Å². The Kier molecular flexibility index (Phi) is 4.88. The second-order valence-corrected chi connectivity index (χ2v) is 7.58. The van der Waals surface area contributed by atoms with Gasteiger partial charge in [-0.1, -0.05) is 0 Å². The average molecular weight is 335 g/mol. The van der Waals surface area contributed by atoms with Crippen molar-refractivity contribution in [2.24, 2.45) is 0 Å². The first-order chi connectivity index (χ1) is 11.4. The van der Waals surface area contributed by atoms with Crippen molar-refractivity contribution in [3.8, 4) is 0 Å². The summed E-state index contributed by atoms with van der Waals surface area (Å²) in [5, 5.41) is 0. The molecule has 2 fully saturated rings. The molecule has 0 aliphatic carbocycles. The molecule has 0 bridgehead atoms. The van der Waals surface area contributed by atoms with Gasteiger partial charge in [-0.15, -0.1) is 0 Å². The summed E-state index contributed by atoms with van der Waals surface area (Å²) in [6.45, 7) is 7.99. The molecule has 0 aromatic carbocycles. The van der Waals surface area contributed by atoms with Gasteiger partial charge in [0.2, 0.25) is 6.41 Å². The van der Waals surface area contributed by atoms with E-state index < -0.39 is 0 Å². The molecule has 0 unspecified atom stereocenters. The number of morpholine rings is 1. The lowest BCUT2D eigenvalue weighted by Gasteiger charge is -2.52. The lowest BCUT2D eigenvalue weighted by atomic mass is 9.86. The lowest BCUT2D eigenvalue weighted by molar-refractivity contribution is -0.210. The van der Waals surface area contributed by atoms with E-state index in [-0.39, 0.29) is 17.0 Å². The molecule has 0 saturated carbocycles. The molecule has 3 rings (SSSR count). The van der Waals surface area contributed by atoms with Gasteiger partial charge in [-0.3, -0.25) is 9.78 Å². The number of amides is 1. The molecule has 1 amide bonds. The predicted octanol–water partition coefficient (Wildman–Crippen LogP) is 1.86. The second kappa shape index (κ2) is 6.76. The number of hydrogen-bond acceptors (Lipinski definition) is 4. The monoisotopic (exact) mass is 335 g/mol. The highest BCUT2D eigenvalue weighted by Crippen LogP contribution is 2.35. The Morgan fingerprint density at radius 2 is 2.08 bits per heavy atom. The van der Waals surface area contributed by atoms with Gasteiger partial charge in [-0.2, -0.15) is 0 Å². The zero-order chi connectivity index (χ0) is 17.2. The number of likely N-dealkylation sites (tertiary alicyclic amines) is 1. The molecule has 5 nitrogen and oxygen atoms in total. The molecule has 1 aromatic heterocycles. The maximum atomic E-state index is 13.7. The van der Waals surface area contributed by atoms with Gasteiger partial charge in [0.05, 0.1) is 16.9 Å². The van der Waals surface area contributed by atoms with Crippen LogP contribution in [0.1, 0.15) is 32.4 Å². The average Bonchev–Trinajstić information content (AvgIpc) is 2.54. The van der Waals surface area contributed by atoms with Crippen molar-refractivity contribution in [3.63, 3.8) is 0 Å². The van der Waals surface area contributed by atoms with Crippen LogP contribution in [0.4, 0.5) is 4.39 Å². The number of halogens is 1. The van der Waals surface area contributed by atoms with Crippen LogP contribution in [-0.2, 0) is 16.0 Å². The maximum absolute atomic E-state index is 13.7. The Balaban J connectivity index is 1.55. The molecule has 6 heteroatoms. The molecule has 0 radical (unpaired) electrons. The number of aromatic nitrogens is 1. The van der Waals surface area contributed by atoms with Crippen LogP contribution in [-0.4, -0.2) is 65.1 Å². The van der Waals surface area contributed by atoms with Crippen molar-refractivity contribution in [2.75, 3.05) is 32.7 Å². The van der Waals surface area contributed by atoms with Gasteiger partial charge >= 0.3 is 0 Å². The highest BCUT2D eigenvalue weighted by atomic mass is 19.1. The Hall–Kier alpha value is -1.53. The molecule has 2 saturated heterocycles. The molecule has 0 atom stereocenters. The van der Waals surface area contributed by atoms with E-state index in [0.717, 1.165) is 38.9 Å². The van der Waals surface area contributed by atoms with Crippen molar-refractivity contribution >= 4 is 6.41 Å². The number of ether oxygens (including phenoxy) is 1. The van der Waals surface area contributed by atoms with E-state index in [4.69, 9.17) is 4.74 Å². The molecular weight excluding hydrogens is 309 g/mol. The fraction of sp³-hybridized carbons (Fsp3) is 0.667. The van der Waals surface area contributed by atoms with Crippen LogP contribution in [0.2, 0.25) is 0 Å². The zero-order valence-corrected chi connectivity index (χ0v) is 14.5. The number of nitrogens with zero attached hydrogens (tertiary/aromatic N) is 3. The van der Waals surface area contributed by atoms with Gasteiger partial charge in [0.15, 0.2) is 0 Å². The Bertz CT molecular complexity index is 585. The third-order valence-corrected chi connectivity index (χ3v) is 4.98. The van der Waals surface area contributed by atoms with Crippen molar-refractivity contribution < 1.29 is 13.9 Å². The van der Waals surface area contributed by atoms with Crippen molar-refractivity contribution in [3.05, 3.63) is 29.8 Å². The van der Waals surface area contributed by atoms with E-state index >= 15 is 0 Å². The number of carbonyl (C=O) groups excluding carboxylic acids is 1. The SMILES string of the molecule is CC1(C)CN(C=O)CC2(CCN(CCc3ncccc3F)CC2)O1. The minimum atomic E-state index is -0.307. The normalized spacial score (nSPS) is 23.4. The Labute approximate surface area is 142 Å². The topological polar surface area (TPSA) is 45.7 Å². The summed E-state index contributed by atoms with van der Waals surface area (Å²) in [5.41, 5.74) is -0.0200. The summed E-state index contributed by atoms with van der Waals surface area (Å²) in [6.07, 6.45) is 4.97. The molecule has 3 heterocycles. The molecule has 24 heavy (non-hydrogen) atoms. The number of carbonyl (C=O) groups is 1. The fourth-order valence-electron chi connectivity index (χ4n) is 3.95. The summed E-state index contributed by atoms with van der Waals surface area (Å²) < 4.78 is 20.0. The summed E-state index contributed by atoms with van der Waals surface area (Å²) in [6, 6.07) is 3.07. The van der Waals surface area contributed by atoms with E-state index in [2.05, 4.69) is 9.88 Å². The highest BCUT2D eigenvalue weighted by Gasteiger charge is 2.45. The number of pyridine rings is 1. The summed E-state index contributed by atoms with van der Waals surface area (Å²) in [5.74, 6) is -0.232. The minimum Gasteiger partial charge on any atom is -0.365 e. The minimum absolute atomic E-state index is 0.232. The molecular formula is C18H26FN3O2. The third kappa shape index (κ3) is 3.92. The van der Waals surface area contributed by atoms with Crippen LogP contribution in [0.25, 0.3) is 0 Å². The van der Waals surface area contributed by atoms with Crippen LogP contribution in [0.15, 0.2) is 18.3 Å². The zero-order valence-electron chi connectivity index (χ0n) is 14.5. The van der Waals surface area contributed by atoms with E-state index in [0.29, 0.717) is 25.2 Å². The second-order valence-electron chi connectivity index (χ2n) is 7.58. The molecule has 1 spiro atoms. The molecule has 2 aliphatic heterocycles. The quantitative estimate of drug-likeness (QED) is 0.788. The van der Waals surface area contributed by atoms with Crippen LogP contribution in [0, 0.1) is 5.82 Å². The summed E-state index contributed by atoms with van der Waals surface area (Å²) in [7, 11) is 0. The van der Waals surface area contributed by atoms with Crippen LogP contribution >= 0.6 is 0 Å². The molecule has 0 N–H and O–H groups in total. The Morgan fingerprint density at radius 1 is 1.33 bits per heavy atom. The van der Waals surface area contributed by atoms with E-state index in [1.54, 1.807) is 12.3 Å². The van der Waals surface area contributed by atoms with E-state index in [1.165, 1.54) is 6.07 Å². The maximum Gasteiger partial charge on any atom is 0.209 e. The largest absolute Gasteiger partial charge is 0.365 e. The number of rotatable bonds is 4. The molecule has 132 valence electrons. The Morgan fingerprint density at radius 3 is 2.75 bits per heavy atom. The number of piperidine rings is 1. The first-order valence-electron chi connectivity index (χ1n) is 8.63. The summed E-state index contributed by atoms with van der Waals surface area (Å²) >= 11 is 0. The molecule has 1 aromatic rings. The first-order valence-corrected chi connectivity index (χ1v) is 8.63. The van der Waals surface area contributed by atoms with Gasteiger partial charge in [-0.25, -0.2) is 4.39 Å². The lowest BCUT2D eigenvalue weighted by Crippen LogP contribution is -2.62. The fourth-order valence-corrected chi connectivity index (χ4v) is 3.95. The van der Waals surface area contributed by atoms with Crippen LogP contribution < -0.4 is 0 Å². The van der Waals surface area contributed by atoms with Crippen LogP contribution in [0.3, 0.4) is 0 Å². The van der Waals surface area contributed by atoms with Crippen LogP contribution in [0.5, 0.6) is 0 Å². The van der Waals surface area contributed by atoms with Gasteiger partial charge in [-0.05, 0) is 38.8 Å². The van der Waals surface area contributed by atoms with Crippen molar-refractivity contribution in [2.45, 2.75) is 44.3 Å². The molecule has 2 aliphatic rings. The highest BCUT2D eigenvalue weighted by molar-refractivity contribution is 5.48. The van der Waals surface area contributed by atoms with Gasteiger partial charge in [0.25, 0.3) is 0 Å². The van der Waals surface area contributed by atoms with E-state index in [9.17, 15) is 9.18 Å². The van der Waals surface area contributed by atoms with Gasteiger partial charge in [0, 0.05) is 45.3 Å². The smallest absolute Gasteiger partial charge is 0.209 e. The van der Waals surface area contributed by atoms with Gasteiger partial charge in [0.1, 0.15) is 5.82 Å². The third-order valence-electron chi connectivity index (χ3n) is 4.98.